The molecule has 1 aromatic heterocycles. The summed E-state index contributed by atoms with van der Waals surface area (Å²) in [7, 11) is 0. The Morgan fingerprint density at radius 2 is 1.66 bits per heavy atom. The molecule has 0 unspecified atom stereocenters. The lowest BCUT2D eigenvalue weighted by Gasteiger charge is -2.17. The van der Waals surface area contributed by atoms with Gasteiger partial charge in [-0.25, -0.2) is 0 Å². The number of nitrogens with zero attached hydrogens (tertiary/aromatic N) is 3. The molecule has 1 N–H and O–H groups in total. The first kappa shape index (κ1) is 25.0. The molecule has 3 aromatic carbocycles. The number of anilines is 1. The Labute approximate surface area is 215 Å². The number of thioether (sulfide) groups is 1. The van der Waals surface area contributed by atoms with Crippen LogP contribution in [0.2, 0.25) is 5.02 Å². The highest BCUT2D eigenvalue weighted by Crippen LogP contribution is 2.33. The molecule has 4 aromatic rings. The minimum Gasteiger partial charge on any atom is -0.325 e. The van der Waals surface area contributed by atoms with Gasteiger partial charge >= 0.3 is 0 Å². The molecule has 0 radical (unpaired) electrons. The fourth-order valence-electron chi connectivity index (χ4n) is 4.23. The van der Waals surface area contributed by atoms with Gasteiger partial charge in [0, 0.05) is 16.3 Å². The van der Waals surface area contributed by atoms with Crippen LogP contribution in [0.1, 0.15) is 42.0 Å². The van der Waals surface area contributed by atoms with Gasteiger partial charge in [0.05, 0.1) is 11.4 Å². The van der Waals surface area contributed by atoms with E-state index >= 15 is 0 Å². The number of amides is 1. The van der Waals surface area contributed by atoms with Crippen molar-refractivity contribution < 1.29 is 4.79 Å². The van der Waals surface area contributed by atoms with E-state index in [9.17, 15) is 4.79 Å². The van der Waals surface area contributed by atoms with Gasteiger partial charge in [-0.3, -0.25) is 9.36 Å². The Morgan fingerprint density at radius 1 is 1.00 bits per heavy atom. The molecule has 0 saturated heterocycles. The third kappa shape index (κ3) is 5.60. The normalized spacial score (nSPS) is 11.2. The number of hydrogen-bond acceptors (Lipinski definition) is 4. The third-order valence-corrected chi connectivity index (χ3v) is 6.99. The molecule has 0 fully saturated rings. The van der Waals surface area contributed by atoms with Crippen molar-refractivity contribution >= 4 is 35.0 Å². The van der Waals surface area contributed by atoms with Crippen LogP contribution in [-0.4, -0.2) is 26.4 Å². The maximum Gasteiger partial charge on any atom is 0.234 e. The molecule has 4 rings (SSSR count). The van der Waals surface area contributed by atoms with Crippen molar-refractivity contribution in [1.82, 2.24) is 14.8 Å². The van der Waals surface area contributed by atoms with Crippen LogP contribution in [0.4, 0.5) is 5.69 Å². The number of nitrogens with one attached hydrogen (secondary N) is 1. The second kappa shape index (κ2) is 10.7. The summed E-state index contributed by atoms with van der Waals surface area (Å²) in [4.78, 5) is 12.9. The van der Waals surface area contributed by atoms with E-state index in [4.69, 9.17) is 11.6 Å². The molecule has 0 aliphatic carbocycles. The number of carbonyl (C=O) groups is 1. The predicted molar refractivity (Wildman–Crippen MR) is 146 cm³/mol. The third-order valence-electron chi connectivity index (χ3n) is 5.81. The van der Waals surface area contributed by atoms with E-state index in [0.717, 1.165) is 28.1 Å². The van der Waals surface area contributed by atoms with Crippen LogP contribution in [0.5, 0.6) is 0 Å². The highest BCUT2D eigenvalue weighted by molar-refractivity contribution is 7.99. The summed E-state index contributed by atoms with van der Waals surface area (Å²) < 4.78 is 2.04. The van der Waals surface area contributed by atoms with Gasteiger partial charge in [0.2, 0.25) is 5.91 Å². The van der Waals surface area contributed by atoms with E-state index in [1.807, 2.05) is 54.8 Å². The predicted octanol–water partition coefficient (Wildman–Crippen LogP) is 7.37. The molecule has 0 bridgehead atoms. The van der Waals surface area contributed by atoms with Crippen molar-refractivity contribution in [2.24, 2.45) is 0 Å². The molecule has 0 aliphatic rings. The minimum absolute atomic E-state index is 0.0789. The first-order valence-electron chi connectivity index (χ1n) is 11.6. The Bertz CT molecular complexity index is 1340. The van der Waals surface area contributed by atoms with Crippen LogP contribution < -0.4 is 5.32 Å². The molecule has 7 heteroatoms. The molecule has 0 atom stereocenters. The monoisotopic (exact) mass is 504 g/mol. The molecule has 5 nitrogen and oxygen atoms in total. The fourth-order valence-corrected chi connectivity index (χ4v) is 5.10. The van der Waals surface area contributed by atoms with Gasteiger partial charge in [0.1, 0.15) is 0 Å². The fraction of sp³-hybridized carbons (Fsp3) is 0.250. The lowest BCUT2D eigenvalue weighted by molar-refractivity contribution is -0.113. The molecule has 1 amide bonds. The first-order chi connectivity index (χ1) is 16.7. The number of halogens is 1. The van der Waals surface area contributed by atoms with Crippen molar-refractivity contribution in [2.75, 3.05) is 11.1 Å². The summed E-state index contributed by atoms with van der Waals surface area (Å²) in [5, 5.41) is 13.4. The number of benzene rings is 3. The van der Waals surface area contributed by atoms with Crippen LogP contribution in [0.3, 0.4) is 0 Å². The van der Waals surface area contributed by atoms with Crippen LogP contribution in [-0.2, 0) is 4.79 Å². The van der Waals surface area contributed by atoms with Crippen molar-refractivity contribution in [3.05, 3.63) is 87.9 Å². The second-order valence-electron chi connectivity index (χ2n) is 8.97. The Kier molecular flexibility index (Phi) is 7.63. The van der Waals surface area contributed by atoms with Crippen LogP contribution >= 0.6 is 23.4 Å². The molecule has 0 aliphatic heterocycles. The van der Waals surface area contributed by atoms with Gasteiger partial charge in [-0.15, -0.1) is 10.2 Å². The Balaban J connectivity index is 1.67. The standard InChI is InChI=1S/C28H29ClN4OS/c1-17(2)23-8-6-7-9-24(23)33-27(21-10-12-22(29)13-11-21)31-32-28(33)35-16-25(34)30-26-19(4)14-18(3)15-20(26)5/h6-15,17H,16H2,1-5H3,(H,30,34). The maximum absolute atomic E-state index is 12.9. The van der Waals surface area contributed by atoms with E-state index in [1.165, 1.54) is 22.9 Å². The SMILES string of the molecule is Cc1cc(C)c(NC(=O)CSc2nnc(-c3ccc(Cl)cc3)n2-c2ccccc2C(C)C)c(C)c1. The quantitative estimate of drug-likeness (QED) is 0.267. The van der Waals surface area contributed by atoms with Crippen LogP contribution in [0.25, 0.3) is 17.1 Å². The number of aromatic nitrogens is 3. The Morgan fingerprint density at radius 3 is 2.31 bits per heavy atom. The molecule has 180 valence electrons. The minimum atomic E-state index is -0.0789. The Hall–Kier alpha value is -3.09. The maximum atomic E-state index is 12.9. The molecule has 0 saturated carbocycles. The molecular formula is C28H29ClN4OS. The smallest absolute Gasteiger partial charge is 0.234 e. The summed E-state index contributed by atoms with van der Waals surface area (Å²) in [5.41, 5.74) is 7.25. The van der Waals surface area contributed by atoms with E-state index < -0.39 is 0 Å². The zero-order chi connectivity index (χ0) is 25.1. The van der Waals surface area contributed by atoms with Crippen molar-refractivity contribution in [3.8, 4) is 17.1 Å². The second-order valence-corrected chi connectivity index (χ2v) is 10.4. The summed E-state index contributed by atoms with van der Waals surface area (Å²) in [5.74, 6) is 1.16. The molecule has 1 heterocycles. The number of rotatable bonds is 7. The number of hydrogen-bond donors (Lipinski definition) is 1. The van der Waals surface area contributed by atoms with Gasteiger partial charge in [-0.1, -0.05) is 73.1 Å². The summed E-state index contributed by atoms with van der Waals surface area (Å²) in [6, 6.07) is 20.0. The molecular weight excluding hydrogens is 476 g/mol. The van der Waals surface area contributed by atoms with Crippen molar-refractivity contribution in [2.45, 2.75) is 45.7 Å². The topological polar surface area (TPSA) is 59.8 Å². The van der Waals surface area contributed by atoms with E-state index in [1.54, 1.807) is 0 Å². The van der Waals surface area contributed by atoms with E-state index in [-0.39, 0.29) is 11.7 Å². The average molecular weight is 505 g/mol. The van der Waals surface area contributed by atoms with Gasteiger partial charge in [0.25, 0.3) is 0 Å². The lowest BCUT2D eigenvalue weighted by atomic mass is 10.0. The summed E-state index contributed by atoms with van der Waals surface area (Å²) in [6.45, 7) is 10.4. The van der Waals surface area contributed by atoms with E-state index in [2.05, 4.69) is 60.6 Å². The van der Waals surface area contributed by atoms with Gasteiger partial charge in [-0.2, -0.15) is 0 Å². The zero-order valence-electron chi connectivity index (χ0n) is 20.6. The van der Waals surface area contributed by atoms with E-state index in [0.29, 0.717) is 21.9 Å². The number of carbonyl (C=O) groups excluding carboxylic acids is 1. The first-order valence-corrected chi connectivity index (χ1v) is 12.9. The van der Waals surface area contributed by atoms with Gasteiger partial charge < -0.3 is 5.32 Å². The summed E-state index contributed by atoms with van der Waals surface area (Å²) >= 11 is 7.49. The van der Waals surface area contributed by atoms with Gasteiger partial charge in [0.15, 0.2) is 11.0 Å². The van der Waals surface area contributed by atoms with Crippen molar-refractivity contribution in [3.63, 3.8) is 0 Å². The van der Waals surface area contributed by atoms with Crippen molar-refractivity contribution in [1.29, 1.82) is 0 Å². The molecule has 35 heavy (non-hydrogen) atoms. The van der Waals surface area contributed by atoms with Crippen LogP contribution in [0, 0.1) is 20.8 Å². The molecule has 0 spiro atoms. The highest BCUT2D eigenvalue weighted by atomic mass is 35.5. The number of aryl methyl sites for hydroxylation is 3. The highest BCUT2D eigenvalue weighted by Gasteiger charge is 2.20. The van der Waals surface area contributed by atoms with Gasteiger partial charge in [-0.05, 0) is 73.7 Å². The largest absolute Gasteiger partial charge is 0.325 e. The lowest BCUT2D eigenvalue weighted by Crippen LogP contribution is -2.16. The van der Waals surface area contributed by atoms with Crippen LogP contribution in [0.15, 0.2) is 65.8 Å². The summed E-state index contributed by atoms with van der Waals surface area (Å²) in [6.07, 6.45) is 0. The average Bonchev–Trinajstić information content (AvgIpc) is 3.24. The number of para-hydroxylation sites is 1. The zero-order valence-corrected chi connectivity index (χ0v) is 22.2.